The second-order valence-corrected chi connectivity index (χ2v) is 4.00. The molecule has 0 amide bonds. The molecule has 1 unspecified atom stereocenters. The number of hydrogen-bond acceptors (Lipinski definition) is 2. The van der Waals surface area contributed by atoms with Crippen molar-refractivity contribution in [3.8, 4) is 0 Å². The fourth-order valence-corrected chi connectivity index (χ4v) is 2.24. The van der Waals surface area contributed by atoms with Gasteiger partial charge in [-0.2, -0.15) is 0 Å². The van der Waals surface area contributed by atoms with E-state index in [0.717, 1.165) is 6.54 Å². The van der Waals surface area contributed by atoms with Crippen LogP contribution < -0.4 is 5.32 Å². The standard InChI is InChI=1S/C12H18N2/c1-13-9-12-11-6-4-3-5-10(11)7-8-14(12)2/h3-6,12-13H,7-9H2,1-2H3. The zero-order chi connectivity index (χ0) is 9.97. The minimum absolute atomic E-state index is 0.546. The summed E-state index contributed by atoms with van der Waals surface area (Å²) in [5.74, 6) is 0. The van der Waals surface area contributed by atoms with Gasteiger partial charge < -0.3 is 5.32 Å². The van der Waals surface area contributed by atoms with E-state index in [1.54, 1.807) is 0 Å². The number of nitrogens with one attached hydrogen (secondary N) is 1. The minimum atomic E-state index is 0.546. The first-order valence-electron chi connectivity index (χ1n) is 5.25. The van der Waals surface area contributed by atoms with Crippen LogP contribution in [0.25, 0.3) is 0 Å². The zero-order valence-corrected chi connectivity index (χ0v) is 8.96. The minimum Gasteiger partial charge on any atom is -0.318 e. The summed E-state index contributed by atoms with van der Waals surface area (Å²) in [6.07, 6.45) is 1.19. The normalized spacial score (nSPS) is 22.0. The van der Waals surface area contributed by atoms with Gasteiger partial charge in [0.25, 0.3) is 0 Å². The molecular formula is C12H18N2. The molecule has 0 fully saturated rings. The van der Waals surface area contributed by atoms with Gasteiger partial charge in [-0.3, -0.25) is 4.90 Å². The van der Waals surface area contributed by atoms with Gasteiger partial charge in [-0.25, -0.2) is 0 Å². The van der Waals surface area contributed by atoms with E-state index in [1.165, 1.54) is 24.1 Å². The molecular weight excluding hydrogens is 172 g/mol. The highest BCUT2D eigenvalue weighted by Crippen LogP contribution is 2.27. The van der Waals surface area contributed by atoms with Gasteiger partial charge in [-0.1, -0.05) is 24.3 Å². The van der Waals surface area contributed by atoms with Gasteiger partial charge in [0.05, 0.1) is 0 Å². The third-order valence-electron chi connectivity index (χ3n) is 3.08. The van der Waals surface area contributed by atoms with E-state index in [0.29, 0.717) is 6.04 Å². The molecule has 0 radical (unpaired) electrons. The van der Waals surface area contributed by atoms with E-state index in [4.69, 9.17) is 0 Å². The molecule has 2 rings (SSSR count). The molecule has 1 aliphatic heterocycles. The zero-order valence-electron chi connectivity index (χ0n) is 8.96. The molecule has 0 bridgehead atoms. The Morgan fingerprint density at radius 2 is 2.21 bits per heavy atom. The molecule has 1 N–H and O–H groups in total. The van der Waals surface area contributed by atoms with Crippen LogP contribution in [0.15, 0.2) is 24.3 Å². The Bertz CT molecular complexity index is 309. The SMILES string of the molecule is CNCC1c2ccccc2CCN1C. The van der Waals surface area contributed by atoms with Crippen molar-refractivity contribution in [3.63, 3.8) is 0 Å². The van der Waals surface area contributed by atoms with Crippen molar-refractivity contribution in [3.05, 3.63) is 35.4 Å². The summed E-state index contributed by atoms with van der Waals surface area (Å²) in [7, 11) is 4.23. The molecule has 0 saturated heterocycles. The van der Waals surface area contributed by atoms with Crippen LogP contribution in [0.3, 0.4) is 0 Å². The molecule has 1 heterocycles. The lowest BCUT2D eigenvalue weighted by Crippen LogP contribution is -2.37. The lowest BCUT2D eigenvalue weighted by atomic mass is 9.93. The first-order valence-corrected chi connectivity index (χ1v) is 5.25. The molecule has 0 aliphatic carbocycles. The molecule has 0 saturated carbocycles. The average Bonchev–Trinajstić information content (AvgIpc) is 2.23. The molecule has 1 aromatic rings. The highest BCUT2D eigenvalue weighted by molar-refractivity contribution is 5.32. The second kappa shape index (κ2) is 4.11. The summed E-state index contributed by atoms with van der Waals surface area (Å²) in [5, 5.41) is 3.27. The van der Waals surface area contributed by atoms with Gasteiger partial charge in [-0.05, 0) is 31.6 Å². The van der Waals surface area contributed by atoms with Gasteiger partial charge in [0.2, 0.25) is 0 Å². The quantitative estimate of drug-likeness (QED) is 0.759. The van der Waals surface area contributed by atoms with Crippen molar-refractivity contribution < 1.29 is 0 Å². The number of fused-ring (bicyclic) bond motifs is 1. The summed E-state index contributed by atoms with van der Waals surface area (Å²) < 4.78 is 0. The maximum absolute atomic E-state index is 3.27. The molecule has 1 atom stereocenters. The van der Waals surface area contributed by atoms with Crippen molar-refractivity contribution in [2.75, 3.05) is 27.2 Å². The van der Waals surface area contributed by atoms with Crippen LogP contribution in [0.2, 0.25) is 0 Å². The lowest BCUT2D eigenvalue weighted by molar-refractivity contribution is 0.228. The topological polar surface area (TPSA) is 15.3 Å². The van der Waals surface area contributed by atoms with Gasteiger partial charge >= 0.3 is 0 Å². The number of likely N-dealkylation sites (N-methyl/N-ethyl adjacent to an activating group) is 2. The molecule has 0 spiro atoms. The first kappa shape index (κ1) is 9.69. The van der Waals surface area contributed by atoms with E-state index in [9.17, 15) is 0 Å². The molecule has 0 aromatic heterocycles. The number of hydrogen-bond donors (Lipinski definition) is 1. The summed E-state index contributed by atoms with van der Waals surface area (Å²) in [6.45, 7) is 2.21. The molecule has 2 heteroatoms. The molecule has 2 nitrogen and oxygen atoms in total. The highest BCUT2D eigenvalue weighted by atomic mass is 15.2. The van der Waals surface area contributed by atoms with Crippen molar-refractivity contribution in [1.29, 1.82) is 0 Å². The third-order valence-corrected chi connectivity index (χ3v) is 3.08. The van der Waals surface area contributed by atoms with Crippen LogP contribution in [0, 0.1) is 0 Å². The summed E-state index contributed by atoms with van der Waals surface area (Å²) in [6, 6.07) is 9.34. The summed E-state index contributed by atoms with van der Waals surface area (Å²) in [5.41, 5.74) is 3.02. The van der Waals surface area contributed by atoms with Crippen molar-refractivity contribution in [2.24, 2.45) is 0 Å². The van der Waals surface area contributed by atoms with Gasteiger partial charge in [0, 0.05) is 19.1 Å². The van der Waals surface area contributed by atoms with E-state index in [-0.39, 0.29) is 0 Å². The third kappa shape index (κ3) is 1.68. The average molecular weight is 190 g/mol. The number of rotatable bonds is 2. The Labute approximate surface area is 85.9 Å². The Kier molecular flexibility index (Phi) is 2.85. The molecule has 1 aliphatic rings. The summed E-state index contributed by atoms with van der Waals surface area (Å²) in [4.78, 5) is 2.43. The van der Waals surface area contributed by atoms with Crippen LogP contribution in [0.4, 0.5) is 0 Å². The van der Waals surface area contributed by atoms with Crippen LogP contribution in [0.5, 0.6) is 0 Å². The Balaban J connectivity index is 2.31. The number of benzene rings is 1. The van der Waals surface area contributed by atoms with Gasteiger partial charge in [-0.15, -0.1) is 0 Å². The Morgan fingerprint density at radius 1 is 1.43 bits per heavy atom. The van der Waals surface area contributed by atoms with Crippen molar-refractivity contribution in [2.45, 2.75) is 12.5 Å². The van der Waals surface area contributed by atoms with Crippen LogP contribution >= 0.6 is 0 Å². The lowest BCUT2D eigenvalue weighted by Gasteiger charge is -2.34. The van der Waals surface area contributed by atoms with Crippen LogP contribution in [0.1, 0.15) is 17.2 Å². The Morgan fingerprint density at radius 3 is 3.00 bits per heavy atom. The predicted molar refractivity (Wildman–Crippen MR) is 59.4 cm³/mol. The molecule has 14 heavy (non-hydrogen) atoms. The van der Waals surface area contributed by atoms with E-state index < -0.39 is 0 Å². The van der Waals surface area contributed by atoms with Crippen LogP contribution in [-0.4, -0.2) is 32.1 Å². The highest BCUT2D eigenvalue weighted by Gasteiger charge is 2.22. The van der Waals surface area contributed by atoms with E-state index >= 15 is 0 Å². The first-order chi connectivity index (χ1) is 6.83. The second-order valence-electron chi connectivity index (χ2n) is 4.00. The maximum atomic E-state index is 3.27. The molecule has 1 aromatic carbocycles. The molecule has 76 valence electrons. The van der Waals surface area contributed by atoms with E-state index in [2.05, 4.69) is 41.5 Å². The maximum Gasteiger partial charge on any atom is 0.0472 e. The van der Waals surface area contributed by atoms with Crippen LogP contribution in [-0.2, 0) is 6.42 Å². The fourth-order valence-electron chi connectivity index (χ4n) is 2.24. The number of nitrogens with zero attached hydrogens (tertiary/aromatic N) is 1. The van der Waals surface area contributed by atoms with Gasteiger partial charge in [0.1, 0.15) is 0 Å². The monoisotopic (exact) mass is 190 g/mol. The van der Waals surface area contributed by atoms with Crippen molar-refractivity contribution in [1.82, 2.24) is 10.2 Å². The van der Waals surface area contributed by atoms with E-state index in [1.807, 2.05) is 7.05 Å². The van der Waals surface area contributed by atoms with Gasteiger partial charge in [0.15, 0.2) is 0 Å². The smallest absolute Gasteiger partial charge is 0.0472 e. The predicted octanol–water partition coefficient (Wildman–Crippen LogP) is 1.44. The largest absolute Gasteiger partial charge is 0.318 e. The Hall–Kier alpha value is -0.860. The summed E-state index contributed by atoms with van der Waals surface area (Å²) >= 11 is 0. The van der Waals surface area contributed by atoms with Crippen molar-refractivity contribution >= 4 is 0 Å². The fraction of sp³-hybridized carbons (Fsp3) is 0.500.